The number of ether oxygens (including phenoxy) is 1. The summed E-state index contributed by atoms with van der Waals surface area (Å²) in [4.78, 5) is 29.3. The zero-order chi connectivity index (χ0) is 19.9. The topological polar surface area (TPSA) is 107 Å². The van der Waals surface area contributed by atoms with Gasteiger partial charge in [-0.2, -0.15) is 0 Å². The summed E-state index contributed by atoms with van der Waals surface area (Å²) in [7, 11) is 0. The Bertz CT molecular complexity index is 938. The number of pyridine rings is 1. The van der Waals surface area contributed by atoms with Gasteiger partial charge in [-0.1, -0.05) is 0 Å². The van der Waals surface area contributed by atoms with Crippen LogP contribution in [0.4, 0.5) is 5.82 Å². The molecule has 28 heavy (non-hydrogen) atoms. The van der Waals surface area contributed by atoms with Crippen LogP contribution in [-0.2, 0) is 0 Å². The summed E-state index contributed by atoms with van der Waals surface area (Å²) in [5.41, 5.74) is 0.485. The Balaban J connectivity index is 1.53. The summed E-state index contributed by atoms with van der Waals surface area (Å²) in [6.07, 6.45) is 5.08. The summed E-state index contributed by atoms with van der Waals surface area (Å²) in [6, 6.07) is 5.22. The SMILES string of the molecule is CCOc1ccc(C(=O)NCCNc2cc(-n3ccnc3C)nc(C)n2)cn1. The number of carbonyl (C=O) groups is 1. The van der Waals surface area contributed by atoms with Crippen LogP contribution in [0.15, 0.2) is 36.8 Å². The number of aromatic nitrogens is 5. The van der Waals surface area contributed by atoms with Gasteiger partial charge < -0.3 is 15.4 Å². The zero-order valence-electron chi connectivity index (χ0n) is 16.1. The molecule has 0 fully saturated rings. The Morgan fingerprint density at radius 3 is 2.71 bits per heavy atom. The molecule has 3 aromatic heterocycles. The number of hydrogen-bond acceptors (Lipinski definition) is 7. The maximum atomic E-state index is 12.2. The van der Waals surface area contributed by atoms with E-state index in [1.807, 2.05) is 37.6 Å². The minimum Gasteiger partial charge on any atom is -0.478 e. The first-order valence-electron chi connectivity index (χ1n) is 9.03. The van der Waals surface area contributed by atoms with Crippen molar-refractivity contribution in [3.63, 3.8) is 0 Å². The number of nitrogens with zero attached hydrogens (tertiary/aromatic N) is 5. The number of rotatable bonds is 8. The molecule has 0 saturated carbocycles. The monoisotopic (exact) mass is 381 g/mol. The largest absolute Gasteiger partial charge is 0.478 e. The van der Waals surface area contributed by atoms with Crippen LogP contribution in [0, 0.1) is 13.8 Å². The van der Waals surface area contributed by atoms with Crippen LogP contribution in [0.2, 0.25) is 0 Å². The van der Waals surface area contributed by atoms with Gasteiger partial charge in [-0.3, -0.25) is 9.36 Å². The summed E-state index contributed by atoms with van der Waals surface area (Å²) in [5, 5.41) is 6.05. The van der Waals surface area contributed by atoms with Gasteiger partial charge in [0.2, 0.25) is 5.88 Å². The third kappa shape index (κ3) is 4.81. The standard InChI is InChI=1S/C19H23N7O2/c1-4-28-18-6-5-15(12-23-18)19(27)22-8-7-21-16-11-17(25-13(2)24-16)26-10-9-20-14(26)3/h5-6,9-12H,4,7-8H2,1-3H3,(H,22,27)(H,21,24,25). The number of carbonyl (C=O) groups excluding carboxylic acids is 1. The highest BCUT2D eigenvalue weighted by Crippen LogP contribution is 2.12. The number of hydrogen-bond donors (Lipinski definition) is 2. The van der Waals surface area contributed by atoms with E-state index in [1.165, 1.54) is 6.20 Å². The van der Waals surface area contributed by atoms with E-state index >= 15 is 0 Å². The van der Waals surface area contributed by atoms with E-state index in [9.17, 15) is 4.79 Å². The Morgan fingerprint density at radius 2 is 2.04 bits per heavy atom. The van der Waals surface area contributed by atoms with Crippen LogP contribution < -0.4 is 15.4 Å². The van der Waals surface area contributed by atoms with E-state index in [-0.39, 0.29) is 5.91 Å². The molecule has 3 heterocycles. The molecule has 9 heteroatoms. The van der Waals surface area contributed by atoms with Gasteiger partial charge in [0.15, 0.2) is 0 Å². The van der Waals surface area contributed by atoms with Gasteiger partial charge in [-0.25, -0.2) is 19.9 Å². The number of imidazole rings is 1. The van der Waals surface area contributed by atoms with E-state index in [0.717, 1.165) is 11.6 Å². The van der Waals surface area contributed by atoms with E-state index < -0.39 is 0 Å². The second-order valence-corrected chi connectivity index (χ2v) is 6.00. The molecule has 0 aliphatic carbocycles. The van der Waals surface area contributed by atoms with Crippen molar-refractivity contribution in [2.24, 2.45) is 0 Å². The van der Waals surface area contributed by atoms with Crippen molar-refractivity contribution in [1.29, 1.82) is 0 Å². The maximum absolute atomic E-state index is 12.2. The quantitative estimate of drug-likeness (QED) is 0.574. The van der Waals surface area contributed by atoms with Crippen LogP contribution in [-0.4, -0.2) is 50.1 Å². The maximum Gasteiger partial charge on any atom is 0.252 e. The first kappa shape index (κ1) is 19.3. The highest BCUT2D eigenvalue weighted by atomic mass is 16.5. The fraction of sp³-hybridized carbons (Fsp3) is 0.316. The highest BCUT2D eigenvalue weighted by Gasteiger charge is 2.08. The lowest BCUT2D eigenvalue weighted by atomic mass is 10.2. The second kappa shape index (κ2) is 8.94. The van der Waals surface area contributed by atoms with Crippen LogP contribution in [0.3, 0.4) is 0 Å². The number of nitrogens with one attached hydrogen (secondary N) is 2. The molecule has 9 nitrogen and oxygen atoms in total. The first-order valence-corrected chi connectivity index (χ1v) is 9.03. The Morgan fingerprint density at radius 1 is 1.18 bits per heavy atom. The van der Waals surface area contributed by atoms with Crippen molar-refractivity contribution in [2.45, 2.75) is 20.8 Å². The Hall–Kier alpha value is -3.49. The van der Waals surface area contributed by atoms with E-state index in [4.69, 9.17) is 4.74 Å². The molecule has 0 aromatic carbocycles. The number of amides is 1. The molecule has 0 saturated heterocycles. The average molecular weight is 381 g/mol. The molecule has 0 radical (unpaired) electrons. The van der Waals surface area contributed by atoms with Gasteiger partial charge in [0, 0.05) is 43.8 Å². The molecule has 3 rings (SSSR count). The van der Waals surface area contributed by atoms with Gasteiger partial charge in [0.25, 0.3) is 5.91 Å². The lowest BCUT2D eigenvalue weighted by Crippen LogP contribution is -2.29. The van der Waals surface area contributed by atoms with Crippen molar-refractivity contribution >= 4 is 11.7 Å². The van der Waals surface area contributed by atoms with Crippen molar-refractivity contribution in [3.05, 3.63) is 54.0 Å². The van der Waals surface area contributed by atoms with Crippen molar-refractivity contribution < 1.29 is 9.53 Å². The predicted molar refractivity (Wildman–Crippen MR) is 105 cm³/mol. The second-order valence-electron chi connectivity index (χ2n) is 6.00. The zero-order valence-corrected chi connectivity index (χ0v) is 16.1. The predicted octanol–water partition coefficient (Wildman–Crippen LogP) is 1.91. The minimum atomic E-state index is -0.189. The van der Waals surface area contributed by atoms with Crippen molar-refractivity contribution in [2.75, 3.05) is 25.0 Å². The lowest BCUT2D eigenvalue weighted by molar-refractivity contribution is 0.0954. The molecule has 146 valence electrons. The van der Waals surface area contributed by atoms with Gasteiger partial charge in [-0.15, -0.1) is 0 Å². The van der Waals surface area contributed by atoms with Crippen LogP contribution in [0.25, 0.3) is 5.82 Å². The molecule has 1 amide bonds. The molecular formula is C19H23N7O2. The summed E-state index contributed by atoms with van der Waals surface area (Å²) < 4.78 is 7.16. The molecule has 0 atom stereocenters. The van der Waals surface area contributed by atoms with Crippen molar-refractivity contribution in [3.8, 4) is 11.7 Å². The number of aryl methyl sites for hydroxylation is 2. The molecule has 0 aliphatic heterocycles. The van der Waals surface area contributed by atoms with E-state index in [1.54, 1.807) is 18.3 Å². The molecule has 3 aromatic rings. The normalized spacial score (nSPS) is 10.5. The average Bonchev–Trinajstić information content (AvgIpc) is 3.11. The first-order chi connectivity index (χ1) is 13.6. The summed E-state index contributed by atoms with van der Waals surface area (Å²) in [5.74, 6) is 3.25. The fourth-order valence-corrected chi connectivity index (χ4v) is 2.60. The van der Waals surface area contributed by atoms with Crippen LogP contribution >= 0.6 is 0 Å². The number of anilines is 1. The molecule has 0 bridgehead atoms. The van der Waals surface area contributed by atoms with E-state index in [2.05, 4.69) is 30.6 Å². The smallest absolute Gasteiger partial charge is 0.252 e. The third-order valence-electron chi connectivity index (χ3n) is 3.90. The lowest BCUT2D eigenvalue weighted by Gasteiger charge is -2.11. The Kier molecular flexibility index (Phi) is 6.15. The summed E-state index contributed by atoms with van der Waals surface area (Å²) in [6.45, 7) is 7.13. The van der Waals surface area contributed by atoms with Gasteiger partial charge >= 0.3 is 0 Å². The Labute approximate surface area is 163 Å². The molecule has 0 aliphatic rings. The minimum absolute atomic E-state index is 0.189. The summed E-state index contributed by atoms with van der Waals surface area (Å²) >= 11 is 0. The van der Waals surface area contributed by atoms with Crippen molar-refractivity contribution in [1.82, 2.24) is 29.8 Å². The molecular weight excluding hydrogens is 358 g/mol. The molecule has 0 unspecified atom stereocenters. The van der Waals surface area contributed by atoms with E-state index in [0.29, 0.717) is 42.8 Å². The highest BCUT2D eigenvalue weighted by molar-refractivity contribution is 5.93. The van der Waals surface area contributed by atoms with Gasteiger partial charge in [-0.05, 0) is 26.8 Å². The van der Waals surface area contributed by atoms with Crippen LogP contribution in [0.1, 0.15) is 28.9 Å². The molecule has 0 spiro atoms. The third-order valence-corrected chi connectivity index (χ3v) is 3.90. The van der Waals surface area contributed by atoms with Crippen LogP contribution in [0.5, 0.6) is 5.88 Å². The molecule has 2 N–H and O–H groups in total. The van der Waals surface area contributed by atoms with Gasteiger partial charge in [0.05, 0.1) is 12.2 Å². The fourth-order valence-electron chi connectivity index (χ4n) is 2.60. The van der Waals surface area contributed by atoms with Gasteiger partial charge in [0.1, 0.15) is 23.3 Å².